The molecule has 2 aromatic carbocycles. The van der Waals surface area contributed by atoms with Gasteiger partial charge in [-0.15, -0.1) is 0 Å². The van der Waals surface area contributed by atoms with E-state index in [2.05, 4.69) is 10.6 Å². The monoisotopic (exact) mass is 434 g/mol. The average Bonchev–Trinajstić information content (AvgIpc) is 2.66. The molecule has 0 aromatic heterocycles. The van der Waals surface area contributed by atoms with Crippen molar-refractivity contribution < 1.29 is 24.2 Å². The fourth-order valence-corrected chi connectivity index (χ4v) is 2.91. The summed E-state index contributed by atoms with van der Waals surface area (Å²) < 4.78 is 11.0. The maximum atomic E-state index is 12.0. The van der Waals surface area contributed by atoms with Crippen molar-refractivity contribution in [1.29, 1.82) is 0 Å². The van der Waals surface area contributed by atoms with Crippen molar-refractivity contribution in [2.24, 2.45) is 0 Å². The van der Waals surface area contributed by atoms with E-state index in [1.54, 1.807) is 36.4 Å². The first kappa shape index (κ1) is 23.5. The second kappa shape index (κ2) is 10.3. The number of hydrogen-bond acceptors (Lipinski definition) is 5. The molecule has 0 saturated heterocycles. The molecule has 0 radical (unpaired) electrons. The molecule has 1 amide bonds. The number of carboxylic acids is 1. The predicted octanol–water partition coefficient (Wildman–Crippen LogP) is 3.63. The number of aromatic carboxylic acids is 1. The highest BCUT2D eigenvalue weighted by Gasteiger charge is 2.16. The van der Waals surface area contributed by atoms with Crippen LogP contribution in [0, 0.1) is 0 Å². The van der Waals surface area contributed by atoms with Crippen LogP contribution in [0.1, 0.15) is 42.3 Å². The van der Waals surface area contributed by atoms with Crippen LogP contribution in [0.4, 0.5) is 0 Å². The Bertz CT molecular complexity index is 892. The summed E-state index contributed by atoms with van der Waals surface area (Å²) in [5.41, 5.74) is 1.67. The molecule has 0 spiro atoms. The lowest BCUT2D eigenvalue weighted by molar-refractivity contribution is -0.124. The zero-order chi connectivity index (χ0) is 22.3. The quantitative estimate of drug-likeness (QED) is 0.557. The lowest BCUT2D eigenvalue weighted by Crippen LogP contribution is -2.43. The van der Waals surface area contributed by atoms with Gasteiger partial charge in [-0.25, -0.2) is 4.79 Å². The van der Waals surface area contributed by atoms with Crippen molar-refractivity contribution >= 4 is 23.5 Å². The van der Waals surface area contributed by atoms with E-state index in [0.29, 0.717) is 29.6 Å². The average molecular weight is 435 g/mol. The largest absolute Gasteiger partial charge is 0.493 e. The molecule has 0 aliphatic heterocycles. The minimum Gasteiger partial charge on any atom is -0.493 e. The predicted molar refractivity (Wildman–Crippen MR) is 115 cm³/mol. The lowest BCUT2D eigenvalue weighted by atomic mass is 10.1. The summed E-state index contributed by atoms with van der Waals surface area (Å²) in [6.45, 7) is 6.55. The zero-order valence-electron chi connectivity index (χ0n) is 17.5. The summed E-state index contributed by atoms with van der Waals surface area (Å²) in [4.78, 5) is 22.9. The highest BCUT2D eigenvalue weighted by atomic mass is 35.5. The molecular formula is C22H27ClN2O5. The van der Waals surface area contributed by atoms with Crippen molar-refractivity contribution in [3.8, 4) is 11.5 Å². The molecule has 162 valence electrons. The molecule has 7 nitrogen and oxygen atoms in total. The van der Waals surface area contributed by atoms with Gasteiger partial charge in [0.15, 0.2) is 18.1 Å². The maximum absolute atomic E-state index is 12.0. The van der Waals surface area contributed by atoms with E-state index in [9.17, 15) is 9.59 Å². The van der Waals surface area contributed by atoms with Crippen LogP contribution in [-0.2, 0) is 17.9 Å². The third-order valence-corrected chi connectivity index (χ3v) is 4.40. The van der Waals surface area contributed by atoms with Gasteiger partial charge in [0.2, 0.25) is 0 Å². The van der Waals surface area contributed by atoms with Crippen molar-refractivity contribution in [3.05, 3.63) is 58.1 Å². The van der Waals surface area contributed by atoms with Crippen LogP contribution in [0.2, 0.25) is 5.02 Å². The normalized spacial score (nSPS) is 11.1. The molecule has 0 bridgehead atoms. The molecule has 8 heteroatoms. The van der Waals surface area contributed by atoms with Crippen molar-refractivity contribution in [2.75, 3.05) is 13.7 Å². The van der Waals surface area contributed by atoms with E-state index in [4.69, 9.17) is 26.2 Å². The first-order valence-electron chi connectivity index (χ1n) is 9.42. The number of carbonyl (C=O) groups excluding carboxylic acids is 1. The number of rotatable bonds is 9. The number of nitrogens with one attached hydrogen (secondary N) is 2. The van der Waals surface area contributed by atoms with Gasteiger partial charge in [-0.2, -0.15) is 0 Å². The van der Waals surface area contributed by atoms with Crippen LogP contribution in [0.3, 0.4) is 0 Å². The molecule has 0 heterocycles. The number of benzene rings is 2. The topological polar surface area (TPSA) is 96.9 Å². The van der Waals surface area contributed by atoms with Crippen molar-refractivity contribution in [2.45, 2.75) is 39.4 Å². The standard InChI is InChI=1S/C22H27ClN2O5/c1-22(2,3)25-20(26)13-30-19-10-17(23)16(9-18(19)29-4)12-24-11-14-5-7-15(8-6-14)21(27)28/h5-10,24H,11-13H2,1-4H3,(H,25,26)(H,27,28). The Morgan fingerprint density at radius 3 is 2.30 bits per heavy atom. The summed E-state index contributed by atoms with van der Waals surface area (Å²) in [6, 6.07) is 10.0. The molecular weight excluding hydrogens is 408 g/mol. The van der Waals surface area contributed by atoms with E-state index in [0.717, 1.165) is 11.1 Å². The summed E-state index contributed by atoms with van der Waals surface area (Å²) in [5.74, 6) is -0.322. The fraction of sp³-hybridized carbons (Fsp3) is 0.364. The number of ether oxygens (including phenoxy) is 2. The van der Waals surface area contributed by atoms with Crippen molar-refractivity contribution in [1.82, 2.24) is 10.6 Å². The number of amides is 1. The van der Waals surface area contributed by atoms with Gasteiger partial charge in [0.05, 0.1) is 12.7 Å². The van der Waals surface area contributed by atoms with Gasteiger partial charge >= 0.3 is 5.97 Å². The second-order valence-electron chi connectivity index (χ2n) is 7.79. The van der Waals surface area contributed by atoms with Gasteiger partial charge in [-0.3, -0.25) is 4.79 Å². The van der Waals surface area contributed by atoms with E-state index >= 15 is 0 Å². The van der Waals surface area contributed by atoms with Crippen LogP contribution in [0.15, 0.2) is 36.4 Å². The number of halogens is 1. The Labute approximate surface area is 181 Å². The summed E-state index contributed by atoms with van der Waals surface area (Å²) in [7, 11) is 1.52. The molecule has 3 N–H and O–H groups in total. The van der Waals surface area contributed by atoms with Crippen LogP contribution in [0.5, 0.6) is 11.5 Å². The van der Waals surface area contributed by atoms with E-state index in [-0.39, 0.29) is 23.6 Å². The Hall–Kier alpha value is -2.77. The van der Waals surface area contributed by atoms with E-state index in [1.807, 2.05) is 20.8 Å². The van der Waals surface area contributed by atoms with Gasteiger partial charge in [-0.05, 0) is 50.1 Å². The smallest absolute Gasteiger partial charge is 0.335 e. The van der Waals surface area contributed by atoms with E-state index < -0.39 is 5.97 Å². The third-order valence-electron chi connectivity index (χ3n) is 4.05. The Kier molecular flexibility index (Phi) is 8.08. The van der Waals surface area contributed by atoms with Gasteiger partial charge in [0.25, 0.3) is 5.91 Å². The molecule has 2 rings (SSSR count). The zero-order valence-corrected chi connectivity index (χ0v) is 18.3. The highest BCUT2D eigenvalue weighted by molar-refractivity contribution is 6.31. The van der Waals surface area contributed by atoms with Crippen molar-refractivity contribution in [3.63, 3.8) is 0 Å². The van der Waals surface area contributed by atoms with Crippen LogP contribution in [0.25, 0.3) is 0 Å². The second-order valence-corrected chi connectivity index (χ2v) is 8.19. The Morgan fingerprint density at radius 2 is 1.73 bits per heavy atom. The fourth-order valence-electron chi connectivity index (χ4n) is 2.69. The van der Waals surface area contributed by atoms with Crippen LogP contribution < -0.4 is 20.1 Å². The lowest BCUT2D eigenvalue weighted by Gasteiger charge is -2.21. The molecule has 30 heavy (non-hydrogen) atoms. The molecule has 0 atom stereocenters. The minimum absolute atomic E-state index is 0.145. The number of hydrogen-bond donors (Lipinski definition) is 3. The first-order valence-corrected chi connectivity index (χ1v) is 9.80. The molecule has 0 fully saturated rings. The van der Waals surface area contributed by atoms with Gasteiger partial charge in [0.1, 0.15) is 0 Å². The van der Waals surface area contributed by atoms with Crippen LogP contribution >= 0.6 is 11.6 Å². The summed E-state index contributed by atoms with van der Waals surface area (Å²) >= 11 is 6.38. The minimum atomic E-state index is -0.952. The number of methoxy groups -OCH3 is 1. The SMILES string of the molecule is COc1cc(CNCc2ccc(C(=O)O)cc2)c(Cl)cc1OCC(=O)NC(C)(C)C. The molecule has 0 aliphatic rings. The number of carboxylic acid groups (broad SMARTS) is 1. The molecule has 0 saturated carbocycles. The molecule has 0 aliphatic carbocycles. The highest BCUT2D eigenvalue weighted by Crippen LogP contribution is 2.33. The van der Waals surface area contributed by atoms with E-state index in [1.165, 1.54) is 7.11 Å². The summed E-state index contributed by atoms with van der Waals surface area (Å²) in [5, 5.41) is 15.5. The number of carbonyl (C=O) groups is 2. The molecule has 2 aromatic rings. The van der Waals surface area contributed by atoms with Crippen LogP contribution in [-0.4, -0.2) is 36.2 Å². The first-order chi connectivity index (χ1) is 14.1. The Morgan fingerprint density at radius 1 is 1.07 bits per heavy atom. The molecule has 0 unspecified atom stereocenters. The van der Waals surface area contributed by atoms with Gasteiger partial charge < -0.3 is 25.2 Å². The maximum Gasteiger partial charge on any atom is 0.335 e. The van der Waals surface area contributed by atoms with Gasteiger partial charge in [-0.1, -0.05) is 23.7 Å². The third kappa shape index (κ3) is 7.24. The van der Waals surface area contributed by atoms with Gasteiger partial charge in [0, 0.05) is 29.7 Å². The summed E-state index contributed by atoms with van der Waals surface area (Å²) in [6.07, 6.45) is 0. The Balaban J connectivity index is 1.97.